The number of piperidine rings is 1. The molecule has 2 aliphatic heterocycles. The van der Waals surface area contributed by atoms with Crippen molar-refractivity contribution in [3.05, 3.63) is 35.9 Å². The van der Waals surface area contributed by atoms with Gasteiger partial charge >= 0.3 is 6.03 Å². The highest BCUT2D eigenvalue weighted by atomic mass is 19.3. The molecule has 9 nitrogen and oxygen atoms in total. The molecule has 3 fully saturated rings. The number of hydrogen-bond acceptors (Lipinski definition) is 5. The molecule has 3 aliphatic rings. The highest BCUT2D eigenvalue weighted by molar-refractivity contribution is 6.06. The maximum absolute atomic E-state index is 14.9. The Kier molecular flexibility index (Phi) is 6.49. The molecule has 1 saturated carbocycles. The number of carbonyl (C=O) groups is 4. The first-order chi connectivity index (χ1) is 16.6. The molecule has 186 valence electrons. The standard InChI is InChI=1S/C24H27F2N5O4/c25-24(26,12-16-4-2-1-3-5-16)13-17(19(33)30-23(15-27)6-7-23)28-21(35)31-10-8-22(9-11-31)14-18(32)29-20(22)34/h1-5,17H,6-14H2,(H,28,35)(H,30,33)(H,29,32,34)/t17-/m0/s1. The van der Waals surface area contributed by atoms with Crippen LogP contribution in [0.15, 0.2) is 30.3 Å². The molecule has 1 spiro atoms. The van der Waals surface area contributed by atoms with Crippen LogP contribution < -0.4 is 16.0 Å². The number of hydrogen-bond donors (Lipinski definition) is 3. The fraction of sp³-hybridized carbons (Fsp3) is 0.542. The van der Waals surface area contributed by atoms with Gasteiger partial charge in [0.05, 0.1) is 11.5 Å². The molecule has 0 bridgehead atoms. The van der Waals surface area contributed by atoms with Crippen LogP contribution in [-0.2, 0) is 20.8 Å². The van der Waals surface area contributed by atoms with Gasteiger partial charge in [-0.1, -0.05) is 30.3 Å². The van der Waals surface area contributed by atoms with Crippen LogP contribution in [0.25, 0.3) is 0 Å². The lowest BCUT2D eigenvalue weighted by atomic mass is 9.77. The smallest absolute Gasteiger partial charge is 0.318 e. The zero-order valence-corrected chi connectivity index (χ0v) is 19.1. The number of benzene rings is 1. The van der Waals surface area contributed by atoms with Crippen LogP contribution in [0.2, 0.25) is 0 Å². The SMILES string of the molecule is N#CC1(NC(=O)[C@H](CC(F)(F)Cc2ccccc2)NC(=O)N2CCC3(CC2)CC(=O)NC3=O)CC1. The number of halogens is 2. The molecule has 1 atom stereocenters. The van der Waals surface area contributed by atoms with Crippen LogP contribution >= 0.6 is 0 Å². The topological polar surface area (TPSA) is 131 Å². The first kappa shape index (κ1) is 24.6. The van der Waals surface area contributed by atoms with Crippen molar-refractivity contribution in [2.75, 3.05) is 13.1 Å². The normalized spacial score (nSPS) is 21.1. The van der Waals surface area contributed by atoms with Gasteiger partial charge in [-0.15, -0.1) is 0 Å². The molecule has 0 unspecified atom stereocenters. The van der Waals surface area contributed by atoms with Crippen molar-refractivity contribution < 1.29 is 28.0 Å². The molecule has 0 radical (unpaired) electrons. The fourth-order valence-corrected chi connectivity index (χ4v) is 4.66. The van der Waals surface area contributed by atoms with E-state index in [0.29, 0.717) is 18.4 Å². The number of nitrogens with one attached hydrogen (secondary N) is 3. The van der Waals surface area contributed by atoms with E-state index >= 15 is 0 Å². The van der Waals surface area contributed by atoms with Crippen LogP contribution in [0.3, 0.4) is 0 Å². The Morgan fingerprint density at radius 2 is 1.80 bits per heavy atom. The molecule has 5 amide bonds. The molecule has 35 heavy (non-hydrogen) atoms. The van der Waals surface area contributed by atoms with Gasteiger partial charge in [-0.3, -0.25) is 19.7 Å². The van der Waals surface area contributed by atoms with E-state index in [2.05, 4.69) is 16.0 Å². The first-order valence-corrected chi connectivity index (χ1v) is 11.6. The maximum atomic E-state index is 14.9. The van der Waals surface area contributed by atoms with Crippen molar-refractivity contribution in [3.63, 3.8) is 0 Å². The average Bonchev–Trinajstić information content (AvgIpc) is 3.52. The summed E-state index contributed by atoms with van der Waals surface area (Å²) >= 11 is 0. The van der Waals surface area contributed by atoms with E-state index in [9.17, 15) is 33.2 Å². The number of amides is 5. The number of rotatable bonds is 7. The van der Waals surface area contributed by atoms with E-state index in [4.69, 9.17) is 0 Å². The lowest BCUT2D eigenvalue weighted by Crippen LogP contribution is -2.56. The molecular formula is C24H27F2N5O4. The van der Waals surface area contributed by atoms with Crippen molar-refractivity contribution in [2.24, 2.45) is 5.41 Å². The summed E-state index contributed by atoms with van der Waals surface area (Å²) in [5, 5.41) is 16.5. The van der Waals surface area contributed by atoms with Gasteiger partial charge in [0.1, 0.15) is 11.6 Å². The number of urea groups is 1. The number of imide groups is 1. The largest absolute Gasteiger partial charge is 0.336 e. The second kappa shape index (κ2) is 9.24. The molecule has 4 rings (SSSR count). The molecule has 1 aromatic carbocycles. The van der Waals surface area contributed by atoms with Crippen molar-refractivity contribution in [2.45, 2.75) is 62.4 Å². The second-order valence-corrected chi connectivity index (χ2v) is 9.73. The predicted molar refractivity (Wildman–Crippen MR) is 119 cm³/mol. The Hall–Kier alpha value is -3.55. The monoisotopic (exact) mass is 487 g/mol. The lowest BCUT2D eigenvalue weighted by Gasteiger charge is -2.37. The van der Waals surface area contributed by atoms with Crippen molar-refractivity contribution in [1.29, 1.82) is 5.26 Å². The number of nitrogens with zero attached hydrogens (tertiary/aromatic N) is 2. The number of nitriles is 1. The summed E-state index contributed by atoms with van der Waals surface area (Å²) in [6.07, 6.45) is -0.111. The number of alkyl halides is 2. The van der Waals surface area contributed by atoms with Gasteiger partial charge in [-0.05, 0) is 31.2 Å². The number of likely N-dealkylation sites (tertiary alicyclic amines) is 1. The second-order valence-electron chi connectivity index (χ2n) is 9.73. The first-order valence-electron chi connectivity index (χ1n) is 11.6. The lowest BCUT2D eigenvalue weighted by molar-refractivity contribution is -0.130. The Morgan fingerprint density at radius 1 is 1.14 bits per heavy atom. The summed E-state index contributed by atoms with van der Waals surface area (Å²) in [6, 6.07) is 7.84. The van der Waals surface area contributed by atoms with Crippen molar-refractivity contribution >= 4 is 23.8 Å². The van der Waals surface area contributed by atoms with Crippen LogP contribution in [-0.4, -0.2) is 59.2 Å². The van der Waals surface area contributed by atoms with E-state index in [0.717, 1.165) is 0 Å². The Labute approximate surface area is 201 Å². The highest BCUT2D eigenvalue weighted by Gasteiger charge is 2.50. The minimum Gasteiger partial charge on any atom is -0.336 e. The predicted octanol–water partition coefficient (Wildman–Crippen LogP) is 1.63. The molecule has 3 N–H and O–H groups in total. The fourth-order valence-electron chi connectivity index (χ4n) is 4.66. The summed E-state index contributed by atoms with van der Waals surface area (Å²) in [4.78, 5) is 50.9. The van der Waals surface area contributed by atoms with Crippen molar-refractivity contribution in [1.82, 2.24) is 20.9 Å². The van der Waals surface area contributed by atoms with Gasteiger partial charge < -0.3 is 15.5 Å². The van der Waals surface area contributed by atoms with E-state index in [1.54, 1.807) is 30.3 Å². The van der Waals surface area contributed by atoms with Crippen LogP contribution in [0.4, 0.5) is 13.6 Å². The summed E-state index contributed by atoms with van der Waals surface area (Å²) in [7, 11) is 0. The maximum Gasteiger partial charge on any atom is 0.318 e. The third-order valence-corrected chi connectivity index (χ3v) is 6.99. The summed E-state index contributed by atoms with van der Waals surface area (Å²) in [6.45, 7) is 0.285. The van der Waals surface area contributed by atoms with Gasteiger partial charge in [0.2, 0.25) is 17.7 Å². The third kappa shape index (κ3) is 5.58. The van der Waals surface area contributed by atoms with Crippen molar-refractivity contribution in [3.8, 4) is 6.07 Å². The van der Waals surface area contributed by atoms with Gasteiger partial charge in [-0.2, -0.15) is 5.26 Å². The summed E-state index contributed by atoms with van der Waals surface area (Å²) in [5.41, 5.74) is -1.53. The quantitative estimate of drug-likeness (QED) is 0.503. The Morgan fingerprint density at radius 3 is 2.34 bits per heavy atom. The molecule has 11 heteroatoms. The van der Waals surface area contributed by atoms with E-state index in [1.165, 1.54) is 4.90 Å². The third-order valence-electron chi connectivity index (χ3n) is 6.99. The van der Waals surface area contributed by atoms with Gasteiger partial charge in [0.15, 0.2) is 0 Å². The minimum atomic E-state index is -3.30. The average molecular weight is 488 g/mol. The summed E-state index contributed by atoms with van der Waals surface area (Å²) in [5.74, 6) is -4.84. The van der Waals surface area contributed by atoms with Crippen LogP contribution in [0.5, 0.6) is 0 Å². The van der Waals surface area contributed by atoms with Gasteiger partial charge in [0, 0.05) is 32.4 Å². The van der Waals surface area contributed by atoms with Gasteiger partial charge in [0.25, 0.3) is 5.92 Å². The molecule has 2 saturated heterocycles. The Balaban J connectivity index is 1.42. The van der Waals surface area contributed by atoms with E-state index in [-0.39, 0.29) is 44.2 Å². The summed E-state index contributed by atoms with van der Waals surface area (Å²) < 4.78 is 29.9. The van der Waals surface area contributed by atoms with E-state index in [1.807, 2.05) is 6.07 Å². The molecule has 0 aromatic heterocycles. The van der Waals surface area contributed by atoms with Crippen LogP contribution in [0, 0.1) is 16.7 Å². The number of carbonyl (C=O) groups excluding carboxylic acids is 4. The highest BCUT2D eigenvalue weighted by Crippen LogP contribution is 2.39. The van der Waals surface area contributed by atoms with E-state index < -0.39 is 47.7 Å². The van der Waals surface area contributed by atoms with Crippen LogP contribution in [0.1, 0.15) is 44.1 Å². The minimum absolute atomic E-state index is 0.0638. The zero-order valence-electron chi connectivity index (χ0n) is 19.1. The molecule has 2 heterocycles. The molecular weight excluding hydrogens is 460 g/mol. The molecule has 1 aliphatic carbocycles. The molecule has 1 aromatic rings. The zero-order chi connectivity index (χ0) is 25.3. The van der Waals surface area contributed by atoms with Gasteiger partial charge in [-0.25, -0.2) is 13.6 Å². The Bertz CT molecular complexity index is 1060.